The Bertz CT molecular complexity index is 1290. The summed E-state index contributed by atoms with van der Waals surface area (Å²) in [7, 11) is 0. The molecule has 154 valence electrons. The van der Waals surface area contributed by atoms with Gasteiger partial charge < -0.3 is 4.90 Å². The van der Waals surface area contributed by atoms with Gasteiger partial charge in [-0.3, -0.25) is 4.79 Å². The quantitative estimate of drug-likeness (QED) is 0.553. The molecule has 0 aromatic heterocycles. The van der Waals surface area contributed by atoms with Crippen LogP contribution in [0.2, 0.25) is 0 Å². The van der Waals surface area contributed by atoms with Gasteiger partial charge in [0.25, 0.3) is 0 Å². The number of carbonyl (C=O) groups is 1. The van der Waals surface area contributed by atoms with E-state index in [2.05, 4.69) is 12.1 Å². The first-order valence-electron chi connectivity index (χ1n) is 10.3. The lowest BCUT2D eigenvalue weighted by atomic mass is 9.69. The van der Waals surface area contributed by atoms with E-state index >= 15 is 0 Å². The average Bonchev–Trinajstić information content (AvgIpc) is 3.15. The largest absolute Gasteiger partial charge is 0.351 e. The molecule has 0 N–H and O–H groups in total. The van der Waals surface area contributed by atoms with Crippen molar-refractivity contribution < 1.29 is 9.18 Å². The second-order valence-electron chi connectivity index (χ2n) is 8.07. The number of carbonyl (C=O) groups excluding carboxylic acids is 1. The van der Waals surface area contributed by atoms with Crippen molar-refractivity contribution in [3.63, 3.8) is 0 Å². The Morgan fingerprint density at radius 3 is 2.25 bits per heavy atom. The zero-order valence-corrected chi connectivity index (χ0v) is 17.0. The maximum Gasteiger partial charge on any atom is 0.185 e. The van der Waals surface area contributed by atoms with E-state index in [1.165, 1.54) is 12.1 Å². The van der Waals surface area contributed by atoms with E-state index < -0.39 is 29.2 Å². The summed E-state index contributed by atoms with van der Waals surface area (Å²) in [6, 6.07) is 25.4. The van der Waals surface area contributed by atoms with Crippen molar-refractivity contribution in [2.45, 2.75) is 18.0 Å². The lowest BCUT2D eigenvalue weighted by Gasteiger charge is -2.35. The highest BCUT2D eigenvalue weighted by molar-refractivity contribution is 6.04. The molecule has 5 rings (SSSR count). The summed E-state index contributed by atoms with van der Waals surface area (Å²) in [5.41, 5.74) is 1.27. The fourth-order valence-corrected chi connectivity index (χ4v) is 5.05. The third-order valence-corrected chi connectivity index (χ3v) is 6.47. The van der Waals surface area contributed by atoms with Gasteiger partial charge in [0.05, 0.1) is 18.2 Å². The van der Waals surface area contributed by atoms with E-state index in [9.17, 15) is 19.7 Å². The number of benzene rings is 3. The molecule has 0 unspecified atom stereocenters. The summed E-state index contributed by atoms with van der Waals surface area (Å²) in [6.45, 7) is 0. The molecule has 1 fully saturated rings. The molecule has 2 aliphatic rings. The van der Waals surface area contributed by atoms with Crippen LogP contribution < -0.4 is 4.90 Å². The van der Waals surface area contributed by atoms with E-state index in [0.717, 1.165) is 11.3 Å². The average molecular weight is 419 g/mol. The Kier molecular flexibility index (Phi) is 4.61. The number of halogens is 1. The molecule has 4 nitrogen and oxygen atoms in total. The normalized spacial score (nSPS) is 22.3. The van der Waals surface area contributed by atoms with Crippen LogP contribution in [-0.2, 0) is 0 Å². The molecule has 0 spiro atoms. The molecule has 0 amide bonds. The molecule has 3 atom stereocenters. The lowest BCUT2D eigenvalue weighted by Crippen LogP contribution is -2.44. The van der Waals surface area contributed by atoms with Crippen molar-refractivity contribution in [2.75, 3.05) is 4.90 Å². The third kappa shape index (κ3) is 2.76. The third-order valence-electron chi connectivity index (χ3n) is 6.47. The van der Waals surface area contributed by atoms with Crippen LogP contribution in [0.4, 0.5) is 10.1 Å². The van der Waals surface area contributed by atoms with E-state index in [-0.39, 0.29) is 5.78 Å². The smallest absolute Gasteiger partial charge is 0.185 e. The Morgan fingerprint density at radius 1 is 0.906 bits per heavy atom. The van der Waals surface area contributed by atoms with Crippen molar-refractivity contribution in [3.8, 4) is 12.1 Å². The van der Waals surface area contributed by atoms with Gasteiger partial charge in [-0.2, -0.15) is 10.5 Å². The van der Waals surface area contributed by atoms with Crippen LogP contribution in [0.5, 0.6) is 0 Å². The number of Topliss-reactive ketones (excluding diaryl/α,β-unsaturated/α-hetero) is 1. The van der Waals surface area contributed by atoms with Gasteiger partial charge in [-0.25, -0.2) is 4.39 Å². The standard InChI is InChI=1S/C27H18FN3O/c28-21-13-10-19(11-14-21)24-25(26(32)20-7-2-1-3-8-20)31-22-9-5-4-6-18(22)12-15-23(31)27(24,16-29)17-30/h1-15,23-25H/t23-,24+,25+/m1/s1. The van der Waals surface area contributed by atoms with Crippen LogP contribution in [-0.4, -0.2) is 17.9 Å². The SMILES string of the molecule is N#CC1(C#N)[C@@H](c2ccc(F)cc2)[C@@H](C(=O)c2ccccc2)N2c3ccccc3C=C[C@@H]21. The minimum Gasteiger partial charge on any atom is -0.351 e. The monoisotopic (exact) mass is 419 g/mol. The fourth-order valence-electron chi connectivity index (χ4n) is 5.05. The van der Waals surface area contributed by atoms with Crippen LogP contribution in [0.1, 0.15) is 27.4 Å². The molecule has 0 radical (unpaired) electrons. The zero-order valence-electron chi connectivity index (χ0n) is 17.0. The number of nitriles is 2. The van der Waals surface area contributed by atoms with Gasteiger partial charge in [0, 0.05) is 17.2 Å². The van der Waals surface area contributed by atoms with E-state index in [1.54, 1.807) is 36.4 Å². The predicted molar refractivity (Wildman–Crippen MR) is 119 cm³/mol. The predicted octanol–water partition coefficient (Wildman–Crippen LogP) is 5.11. The number of nitrogens with zero attached hydrogens (tertiary/aromatic N) is 3. The highest BCUT2D eigenvalue weighted by atomic mass is 19.1. The first-order valence-corrected chi connectivity index (χ1v) is 10.3. The maximum absolute atomic E-state index is 13.9. The Morgan fingerprint density at radius 2 is 1.56 bits per heavy atom. The molecule has 0 saturated carbocycles. The van der Waals surface area contributed by atoms with Crippen molar-refractivity contribution in [1.29, 1.82) is 10.5 Å². The molecule has 32 heavy (non-hydrogen) atoms. The number of hydrogen-bond donors (Lipinski definition) is 0. The molecule has 1 saturated heterocycles. The number of hydrogen-bond acceptors (Lipinski definition) is 4. The topological polar surface area (TPSA) is 67.9 Å². The maximum atomic E-state index is 13.9. The van der Waals surface area contributed by atoms with Crippen molar-refractivity contribution in [3.05, 3.63) is 107 Å². The summed E-state index contributed by atoms with van der Waals surface area (Å²) in [5, 5.41) is 20.7. The van der Waals surface area contributed by atoms with Gasteiger partial charge in [0.15, 0.2) is 11.2 Å². The van der Waals surface area contributed by atoms with Gasteiger partial charge in [-0.1, -0.05) is 72.8 Å². The number of ketones is 1. The highest BCUT2D eigenvalue weighted by Crippen LogP contribution is 2.55. The second kappa shape index (κ2) is 7.48. The van der Waals surface area contributed by atoms with E-state index in [4.69, 9.17) is 0 Å². The molecule has 0 bridgehead atoms. The van der Waals surface area contributed by atoms with Crippen LogP contribution in [0.25, 0.3) is 6.08 Å². The van der Waals surface area contributed by atoms with Crippen LogP contribution >= 0.6 is 0 Å². The molecule has 3 aromatic rings. The first-order chi connectivity index (χ1) is 15.6. The van der Waals surface area contributed by atoms with Crippen molar-refractivity contribution >= 4 is 17.5 Å². The Hall–Kier alpha value is -4.22. The van der Waals surface area contributed by atoms with Gasteiger partial charge in [-0.05, 0) is 29.3 Å². The number of rotatable bonds is 3. The summed E-state index contributed by atoms with van der Waals surface area (Å²) in [5.74, 6) is -1.37. The first kappa shape index (κ1) is 19.7. The molecule has 3 aromatic carbocycles. The molecule has 5 heteroatoms. The summed E-state index contributed by atoms with van der Waals surface area (Å²) in [6.07, 6.45) is 3.74. The van der Waals surface area contributed by atoms with E-state index in [0.29, 0.717) is 11.1 Å². The molecular formula is C27H18FN3O. The van der Waals surface area contributed by atoms with Crippen molar-refractivity contribution in [2.24, 2.45) is 5.41 Å². The zero-order chi connectivity index (χ0) is 22.3. The van der Waals surface area contributed by atoms with Gasteiger partial charge in [0.1, 0.15) is 11.9 Å². The van der Waals surface area contributed by atoms with Gasteiger partial charge in [-0.15, -0.1) is 0 Å². The molecule has 0 aliphatic carbocycles. The molecular weight excluding hydrogens is 401 g/mol. The summed E-state index contributed by atoms with van der Waals surface area (Å²) < 4.78 is 13.7. The van der Waals surface area contributed by atoms with Crippen LogP contribution in [0.3, 0.4) is 0 Å². The summed E-state index contributed by atoms with van der Waals surface area (Å²) in [4.78, 5) is 15.8. The van der Waals surface area contributed by atoms with Crippen molar-refractivity contribution in [1.82, 2.24) is 0 Å². The Balaban J connectivity index is 1.79. The lowest BCUT2D eigenvalue weighted by molar-refractivity contribution is 0.0951. The van der Waals surface area contributed by atoms with Crippen LogP contribution in [0.15, 0.2) is 84.9 Å². The molecule has 2 aliphatic heterocycles. The Labute approximate surface area is 185 Å². The number of fused-ring (bicyclic) bond motifs is 3. The van der Waals surface area contributed by atoms with E-state index in [1.807, 2.05) is 47.4 Å². The minimum atomic E-state index is -1.53. The van der Waals surface area contributed by atoms with Crippen LogP contribution in [0, 0.1) is 33.9 Å². The van der Waals surface area contributed by atoms with Gasteiger partial charge in [0.2, 0.25) is 0 Å². The molecule has 2 heterocycles. The number of para-hydroxylation sites is 1. The van der Waals surface area contributed by atoms with Gasteiger partial charge >= 0.3 is 0 Å². The number of anilines is 1. The second-order valence-corrected chi connectivity index (χ2v) is 8.07. The minimum absolute atomic E-state index is 0.178. The fraction of sp³-hybridized carbons (Fsp3) is 0.148. The summed E-state index contributed by atoms with van der Waals surface area (Å²) >= 11 is 0. The highest BCUT2D eigenvalue weighted by Gasteiger charge is 2.63.